The molecule has 7 heteroatoms. The van der Waals surface area contributed by atoms with Gasteiger partial charge in [0.2, 0.25) is 0 Å². The maximum Gasteiger partial charge on any atom is 0.337 e. The van der Waals surface area contributed by atoms with Gasteiger partial charge in [-0.2, -0.15) is 0 Å². The fraction of sp³-hybridized carbons (Fsp3) is 0.167. The first-order chi connectivity index (χ1) is 8.88. The molecule has 1 aromatic heterocycles. The molecule has 3 N–H and O–H groups in total. The number of anilines is 1. The molecule has 0 radical (unpaired) electrons. The number of aryl methyl sites for hydroxylation is 2. The van der Waals surface area contributed by atoms with Crippen LogP contribution >= 0.6 is 11.8 Å². The summed E-state index contributed by atoms with van der Waals surface area (Å²) in [5.74, 6) is -1.18. The Balaban J connectivity index is 2.39. The fourth-order valence-corrected chi connectivity index (χ4v) is 2.28. The lowest BCUT2D eigenvalue weighted by Gasteiger charge is -2.05. The van der Waals surface area contributed by atoms with E-state index in [0.717, 1.165) is 17.8 Å². The van der Waals surface area contributed by atoms with Gasteiger partial charge < -0.3 is 15.3 Å². The zero-order chi connectivity index (χ0) is 14.2. The Bertz CT molecular complexity index is 635. The summed E-state index contributed by atoms with van der Waals surface area (Å²) in [5.41, 5.74) is 5.88. The Morgan fingerprint density at radius 3 is 2.68 bits per heavy atom. The molecule has 0 amide bonds. The van der Waals surface area contributed by atoms with E-state index in [1.54, 1.807) is 13.8 Å². The fourth-order valence-electron chi connectivity index (χ4n) is 1.41. The van der Waals surface area contributed by atoms with Crippen molar-refractivity contribution < 1.29 is 18.7 Å². The molecular weight excluding hydrogens is 271 g/mol. The van der Waals surface area contributed by atoms with Crippen LogP contribution in [0.3, 0.4) is 0 Å². The van der Waals surface area contributed by atoms with Crippen LogP contribution in [0, 0.1) is 19.7 Å². The van der Waals surface area contributed by atoms with Crippen molar-refractivity contribution in [2.45, 2.75) is 24.0 Å². The second-order valence-corrected chi connectivity index (χ2v) is 4.89. The highest BCUT2D eigenvalue weighted by Gasteiger charge is 2.16. The standard InChI is InChI=1S/C12H11FN2O3S/c1-5-6(2)18-12(15-5)19-10-3-7(11(16)17)9(14)4-8(10)13/h3-4H,14H2,1-2H3,(H,16,17). The van der Waals surface area contributed by atoms with E-state index in [2.05, 4.69) is 4.98 Å². The van der Waals surface area contributed by atoms with Gasteiger partial charge in [0.25, 0.3) is 5.22 Å². The Morgan fingerprint density at radius 2 is 2.16 bits per heavy atom. The number of hydrogen-bond acceptors (Lipinski definition) is 5. The number of halogens is 1. The number of hydrogen-bond donors (Lipinski definition) is 2. The molecule has 100 valence electrons. The van der Waals surface area contributed by atoms with Gasteiger partial charge in [0, 0.05) is 5.69 Å². The van der Waals surface area contributed by atoms with Gasteiger partial charge in [0.15, 0.2) is 0 Å². The zero-order valence-corrected chi connectivity index (χ0v) is 11.0. The first-order valence-corrected chi connectivity index (χ1v) is 6.14. The molecular formula is C12H11FN2O3S. The molecule has 0 fully saturated rings. The normalized spacial score (nSPS) is 10.7. The minimum atomic E-state index is -1.21. The van der Waals surface area contributed by atoms with Crippen LogP contribution in [0.2, 0.25) is 0 Å². The molecule has 0 atom stereocenters. The molecule has 1 heterocycles. The van der Waals surface area contributed by atoms with Crippen molar-refractivity contribution in [3.8, 4) is 0 Å². The molecule has 0 aliphatic heterocycles. The predicted molar refractivity (Wildman–Crippen MR) is 67.9 cm³/mol. The minimum absolute atomic E-state index is 0.104. The molecule has 0 saturated carbocycles. The third kappa shape index (κ3) is 2.70. The van der Waals surface area contributed by atoms with Crippen LogP contribution in [0.4, 0.5) is 10.1 Å². The van der Waals surface area contributed by atoms with E-state index in [0.29, 0.717) is 11.5 Å². The summed E-state index contributed by atoms with van der Waals surface area (Å²) in [5, 5.41) is 9.20. The van der Waals surface area contributed by atoms with Crippen molar-refractivity contribution in [3.05, 3.63) is 35.0 Å². The Kier molecular flexibility index (Phi) is 3.48. The number of nitrogens with two attached hydrogens (primary N) is 1. The van der Waals surface area contributed by atoms with E-state index in [1.807, 2.05) is 0 Å². The summed E-state index contributed by atoms with van der Waals surface area (Å²) in [6.45, 7) is 3.51. The number of aromatic nitrogens is 1. The highest BCUT2D eigenvalue weighted by atomic mass is 32.2. The van der Waals surface area contributed by atoms with Crippen LogP contribution in [0.5, 0.6) is 0 Å². The largest absolute Gasteiger partial charge is 0.478 e. The summed E-state index contributed by atoms with van der Waals surface area (Å²) in [7, 11) is 0. The highest BCUT2D eigenvalue weighted by Crippen LogP contribution is 2.32. The lowest BCUT2D eigenvalue weighted by molar-refractivity contribution is 0.0697. The lowest BCUT2D eigenvalue weighted by atomic mass is 10.2. The van der Waals surface area contributed by atoms with Crippen molar-refractivity contribution in [2.24, 2.45) is 0 Å². The highest BCUT2D eigenvalue weighted by molar-refractivity contribution is 7.99. The van der Waals surface area contributed by atoms with Crippen LogP contribution in [-0.4, -0.2) is 16.1 Å². The van der Waals surface area contributed by atoms with E-state index in [9.17, 15) is 9.18 Å². The summed E-state index contributed by atoms with van der Waals surface area (Å²) >= 11 is 0.918. The number of nitrogen functional groups attached to an aromatic ring is 1. The molecule has 0 spiro atoms. The third-order valence-electron chi connectivity index (χ3n) is 2.54. The molecule has 0 bridgehead atoms. The minimum Gasteiger partial charge on any atom is -0.478 e. The molecule has 19 heavy (non-hydrogen) atoms. The molecule has 0 saturated heterocycles. The average Bonchev–Trinajstić information content (AvgIpc) is 2.61. The van der Waals surface area contributed by atoms with Gasteiger partial charge in [-0.05, 0) is 37.7 Å². The van der Waals surface area contributed by atoms with Crippen LogP contribution in [0.15, 0.2) is 26.7 Å². The first kappa shape index (κ1) is 13.4. The summed E-state index contributed by atoms with van der Waals surface area (Å²) < 4.78 is 19.0. The number of aromatic carboxylic acids is 1. The molecule has 0 unspecified atom stereocenters. The summed E-state index contributed by atoms with van der Waals surface area (Å²) in [4.78, 5) is 15.1. The molecule has 0 aliphatic carbocycles. The van der Waals surface area contributed by atoms with E-state index in [-0.39, 0.29) is 21.4 Å². The van der Waals surface area contributed by atoms with Crippen molar-refractivity contribution in [1.29, 1.82) is 0 Å². The van der Waals surface area contributed by atoms with Crippen molar-refractivity contribution in [2.75, 3.05) is 5.73 Å². The quantitative estimate of drug-likeness (QED) is 0.841. The number of rotatable bonds is 3. The van der Waals surface area contributed by atoms with Crippen molar-refractivity contribution in [1.82, 2.24) is 4.98 Å². The predicted octanol–water partition coefficient (Wildman–Crippen LogP) is 2.86. The topological polar surface area (TPSA) is 89.3 Å². The maximum atomic E-state index is 13.7. The molecule has 1 aromatic carbocycles. The molecule has 2 aromatic rings. The van der Waals surface area contributed by atoms with E-state index in [4.69, 9.17) is 15.3 Å². The Morgan fingerprint density at radius 1 is 1.47 bits per heavy atom. The van der Waals surface area contributed by atoms with Gasteiger partial charge in [-0.25, -0.2) is 14.2 Å². The Labute approximate surface area is 112 Å². The second kappa shape index (κ2) is 4.93. The van der Waals surface area contributed by atoms with E-state index < -0.39 is 11.8 Å². The van der Waals surface area contributed by atoms with E-state index >= 15 is 0 Å². The summed E-state index contributed by atoms with van der Waals surface area (Å²) in [6, 6.07) is 2.15. The van der Waals surface area contributed by atoms with Gasteiger partial charge >= 0.3 is 5.97 Å². The second-order valence-electron chi connectivity index (χ2n) is 3.90. The molecule has 5 nitrogen and oxygen atoms in total. The molecule has 2 rings (SSSR count). The van der Waals surface area contributed by atoms with Crippen LogP contribution < -0.4 is 5.73 Å². The number of nitrogens with zero attached hydrogens (tertiary/aromatic N) is 1. The third-order valence-corrected chi connectivity index (χ3v) is 3.42. The van der Waals surface area contributed by atoms with Crippen LogP contribution in [-0.2, 0) is 0 Å². The number of carbonyl (C=O) groups is 1. The maximum absolute atomic E-state index is 13.7. The van der Waals surface area contributed by atoms with Crippen molar-refractivity contribution >= 4 is 23.4 Å². The Hall–Kier alpha value is -2.02. The van der Waals surface area contributed by atoms with E-state index in [1.165, 1.54) is 6.07 Å². The van der Waals surface area contributed by atoms with Gasteiger partial charge in [-0.15, -0.1) is 0 Å². The first-order valence-electron chi connectivity index (χ1n) is 5.32. The van der Waals surface area contributed by atoms with Gasteiger partial charge in [-0.1, -0.05) is 0 Å². The number of benzene rings is 1. The molecule has 0 aliphatic rings. The summed E-state index contributed by atoms with van der Waals surface area (Å²) in [6.07, 6.45) is 0. The zero-order valence-electron chi connectivity index (χ0n) is 10.2. The number of oxazole rings is 1. The van der Waals surface area contributed by atoms with Crippen molar-refractivity contribution in [3.63, 3.8) is 0 Å². The van der Waals surface area contributed by atoms with Gasteiger partial charge in [0.1, 0.15) is 11.6 Å². The SMILES string of the molecule is Cc1nc(Sc2cc(C(=O)O)c(N)cc2F)oc1C. The van der Waals surface area contributed by atoms with Crippen LogP contribution in [0.25, 0.3) is 0 Å². The number of carboxylic acids is 1. The van der Waals surface area contributed by atoms with Crippen LogP contribution in [0.1, 0.15) is 21.8 Å². The monoisotopic (exact) mass is 282 g/mol. The number of carboxylic acid groups (broad SMARTS) is 1. The van der Waals surface area contributed by atoms with Gasteiger partial charge in [-0.3, -0.25) is 0 Å². The van der Waals surface area contributed by atoms with Gasteiger partial charge in [0.05, 0.1) is 16.2 Å². The average molecular weight is 282 g/mol. The lowest BCUT2D eigenvalue weighted by Crippen LogP contribution is -2.03. The smallest absolute Gasteiger partial charge is 0.337 e.